The highest BCUT2D eigenvalue weighted by Gasteiger charge is 2.01. The standard InChI is InChI=1S/C13H12N4O/c1-8-2-4-9(5-3-8)15-10-6-11-12(14-7-10)17-13(18)16-11/h2-7,15H,1H3,(H2,14,16,17,18). The molecule has 3 aromatic rings. The Hall–Kier alpha value is -2.56. The molecule has 3 rings (SSSR count). The molecule has 0 amide bonds. The monoisotopic (exact) mass is 240 g/mol. The molecule has 5 nitrogen and oxygen atoms in total. The lowest BCUT2D eigenvalue weighted by Crippen LogP contribution is -1.99. The molecular weight excluding hydrogens is 228 g/mol. The predicted octanol–water partition coefficient (Wildman–Crippen LogP) is 2.30. The minimum atomic E-state index is -0.245. The summed E-state index contributed by atoms with van der Waals surface area (Å²) in [6, 6.07) is 9.91. The lowest BCUT2D eigenvalue weighted by Gasteiger charge is -2.05. The highest BCUT2D eigenvalue weighted by Crippen LogP contribution is 2.18. The third kappa shape index (κ3) is 1.98. The zero-order valence-corrected chi connectivity index (χ0v) is 9.82. The third-order valence-corrected chi connectivity index (χ3v) is 2.71. The zero-order valence-electron chi connectivity index (χ0n) is 9.82. The smallest absolute Gasteiger partial charge is 0.325 e. The molecule has 0 spiro atoms. The second-order valence-electron chi connectivity index (χ2n) is 4.19. The number of imidazole rings is 1. The van der Waals surface area contributed by atoms with Crippen LogP contribution in [0.2, 0.25) is 0 Å². The number of aromatic nitrogens is 3. The van der Waals surface area contributed by atoms with Crippen LogP contribution in [-0.4, -0.2) is 15.0 Å². The second-order valence-corrected chi connectivity index (χ2v) is 4.19. The van der Waals surface area contributed by atoms with Crippen molar-refractivity contribution in [2.24, 2.45) is 0 Å². The first-order chi connectivity index (χ1) is 8.70. The molecule has 0 fully saturated rings. The summed E-state index contributed by atoms with van der Waals surface area (Å²) in [6.07, 6.45) is 1.69. The summed E-state index contributed by atoms with van der Waals surface area (Å²) in [5, 5.41) is 3.23. The molecule has 90 valence electrons. The summed E-state index contributed by atoms with van der Waals surface area (Å²) in [6.45, 7) is 2.04. The first-order valence-corrected chi connectivity index (χ1v) is 5.62. The van der Waals surface area contributed by atoms with Gasteiger partial charge in [0.1, 0.15) is 0 Å². The minimum absolute atomic E-state index is 0.245. The Balaban J connectivity index is 1.94. The van der Waals surface area contributed by atoms with Crippen molar-refractivity contribution in [1.29, 1.82) is 0 Å². The number of aryl methyl sites for hydroxylation is 1. The van der Waals surface area contributed by atoms with E-state index >= 15 is 0 Å². The van der Waals surface area contributed by atoms with Crippen molar-refractivity contribution < 1.29 is 0 Å². The molecular formula is C13H12N4O. The van der Waals surface area contributed by atoms with E-state index in [2.05, 4.69) is 20.3 Å². The van der Waals surface area contributed by atoms with Crippen LogP contribution in [-0.2, 0) is 0 Å². The molecule has 3 N–H and O–H groups in total. The molecule has 0 aliphatic rings. The van der Waals surface area contributed by atoms with E-state index in [1.165, 1.54) is 5.56 Å². The van der Waals surface area contributed by atoms with Crippen LogP contribution in [0.25, 0.3) is 11.2 Å². The zero-order chi connectivity index (χ0) is 12.5. The number of rotatable bonds is 2. The number of anilines is 2. The molecule has 5 heteroatoms. The lowest BCUT2D eigenvalue weighted by atomic mass is 10.2. The number of fused-ring (bicyclic) bond motifs is 1. The van der Waals surface area contributed by atoms with Gasteiger partial charge in [-0.2, -0.15) is 0 Å². The molecule has 0 atom stereocenters. The summed E-state index contributed by atoms with van der Waals surface area (Å²) >= 11 is 0. The number of benzene rings is 1. The van der Waals surface area contributed by atoms with Crippen LogP contribution in [0, 0.1) is 6.92 Å². The van der Waals surface area contributed by atoms with Crippen molar-refractivity contribution in [3.05, 3.63) is 52.6 Å². The van der Waals surface area contributed by atoms with Crippen LogP contribution in [0.15, 0.2) is 41.3 Å². The van der Waals surface area contributed by atoms with Crippen molar-refractivity contribution in [3.8, 4) is 0 Å². The van der Waals surface area contributed by atoms with Gasteiger partial charge in [-0.15, -0.1) is 0 Å². The van der Waals surface area contributed by atoms with E-state index in [9.17, 15) is 4.79 Å². The van der Waals surface area contributed by atoms with Crippen molar-refractivity contribution in [3.63, 3.8) is 0 Å². The Morgan fingerprint density at radius 2 is 1.89 bits per heavy atom. The number of aromatic amines is 2. The molecule has 18 heavy (non-hydrogen) atoms. The van der Waals surface area contributed by atoms with Crippen molar-refractivity contribution in [1.82, 2.24) is 15.0 Å². The van der Waals surface area contributed by atoms with Gasteiger partial charge in [-0.05, 0) is 25.1 Å². The second kappa shape index (κ2) is 4.03. The molecule has 0 radical (unpaired) electrons. The maximum absolute atomic E-state index is 11.1. The third-order valence-electron chi connectivity index (χ3n) is 2.71. The van der Waals surface area contributed by atoms with Gasteiger partial charge in [0.25, 0.3) is 0 Å². The topological polar surface area (TPSA) is 73.6 Å². The number of hydrogen-bond acceptors (Lipinski definition) is 3. The fraction of sp³-hybridized carbons (Fsp3) is 0.0769. The molecule has 2 heterocycles. The van der Waals surface area contributed by atoms with Gasteiger partial charge in [-0.1, -0.05) is 17.7 Å². The number of pyridine rings is 1. The van der Waals surface area contributed by atoms with Gasteiger partial charge in [-0.3, -0.25) is 4.98 Å². The fourth-order valence-corrected chi connectivity index (χ4v) is 1.79. The van der Waals surface area contributed by atoms with Crippen LogP contribution in [0.1, 0.15) is 5.56 Å². The van der Waals surface area contributed by atoms with Gasteiger partial charge in [0, 0.05) is 5.69 Å². The van der Waals surface area contributed by atoms with E-state index in [0.717, 1.165) is 11.4 Å². The van der Waals surface area contributed by atoms with Gasteiger partial charge < -0.3 is 10.3 Å². The van der Waals surface area contributed by atoms with E-state index in [-0.39, 0.29) is 5.69 Å². The molecule has 0 aliphatic heterocycles. The van der Waals surface area contributed by atoms with Crippen LogP contribution >= 0.6 is 0 Å². The summed E-state index contributed by atoms with van der Waals surface area (Å²) < 4.78 is 0. The first kappa shape index (κ1) is 10.6. The van der Waals surface area contributed by atoms with Gasteiger partial charge in [-0.25, -0.2) is 9.78 Å². The number of nitrogens with zero attached hydrogens (tertiary/aromatic N) is 1. The van der Waals surface area contributed by atoms with Gasteiger partial charge in [0.15, 0.2) is 5.65 Å². The highest BCUT2D eigenvalue weighted by molar-refractivity contribution is 5.75. The van der Waals surface area contributed by atoms with E-state index in [1.807, 2.05) is 37.3 Å². The molecule has 0 unspecified atom stereocenters. The van der Waals surface area contributed by atoms with Crippen LogP contribution in [0.5, 0.6) is 0 Å². The number of H-pyrrole nitrogens is 2. The largest absolute Gasteiger partial charge is 0.354 e. The van der Waals surface area contributed by atoms with Crippen molar-refractivity contribution >= 4 is 22.5 Å². The predicted molar refractivity (Wildman–Crippen MR) is 71.2 cm³/mol. The van der Waals surface area contributed by atoms with Crippen LogP contribution in [0.3, 0.4) is 0 Å². The average molecular weight is 240 g/mol. The normalized spacial score (nSPS) is 10.7. The molecule has 1 aromatic carbocycles. The SMILES string of the molecule is Cc1ccc(Nc2cnc3[nH]c(=O)[nH]c3c2)cc1. The first-order valence-electron chi connectivity index (χ1n) is 5.62. The van der Waals surface area contributed by atoms with Crippen molar-refractivity contribution in [2.75, 3.05) is 5.32 Å². The molecule has 0 saturated heterocycles. The summed E-state index contributed by atoms with van der Waals surface area (Å²) in [4.78, 5) is 20.6. The van der Waals surface area contributed by atoms with Crippen LogP contribution in [0.4, 0.5) is 11.4 Å². The molecule has 0 saturated carbocycles. The van der Waals surface area contributed by atoms with E-state index < -0.39 is 0 Å². The Morgan fingerprint density at radius 1 is 1.11 bits per heavy atom. The number of hydrogen-bond donors (Lipinski definition) is 3. The maximum Gasteiger partial charge on any atom is 0.325 e. The van der Waals surface area contributed by atoms with E-state index in [1.54, 1.807) is 6.20 Å². The fourth-order valence-electron chi connectivity index (χ4n) is 1.79. The molecule has 0 aliphatic carbocycles. The molecule has 0 bridgehead atoms. The Bertz CT molecular complexity index is 740. The van der Waals surface area contributed by atoms with E-state index in [4.69, 9.17) is 0 Å². The summed E-state index contributed by atoms with van der Waals surface area (Å²) in [7, 11) is 0. The maximum atomic E-state index is 11.1. The summed E-state index contributed by atoms with van der Waals surface area (Å²) in [5.74, 6) is 0. The van der Waals surface area contributed by atoms with Gasteiger partial charge in [0.2, 0.25) is 0 Å². The number of nitrogens with one attached hydrogen (secondary N) is 3. The Morgan fingerprint density at radius 3 is 2.67 bits per heavy atom. The summed E-state index contributed by atoms with van der Waals surface area (Å²) in [5.41, 5.74) is 4.04. The average Bonchev–Trinajstić information content (AvgIpc) is 2.71. The van der Waals surface area contributed by atoms with E-state index in [0.29, 0.717) is 11.2 Å². The van der Waals surface area contributed by atoms with Gasteiger partial charge >= 0.3 is 5.69 Å². The van der Waals surface area contributed by atoms with Crippen LogP contribution < -0.4 is 11.0 Å². The Labute approximate surface area is 103 Å². The van der Waals surface area contributed by atoms with Crippen molar-refractivity contribution in [2.45, 2.75) is 6.92 Å². The highest BCUT2D eigenvalue weighted by atomic mass is 16.1. The quantitative estimate of drug-likeness (QED) is 0.643. The minimum Gasteiger partial charge on any atom is -0.354 e. The Kier molecular flexibility index (Phi) is 2.37. The molecule has 2 aromatic heterocycles. The lowest BCUT2D eigenvalue weighted by molar-refractivity contribution is 1.20. The van der Waals surface area contributed by atoms with Gasteiger partial charge in [0.05, 0.1) is 17.4 Å².